The maximum Gasteiger partial charge on any atom is 0.313 e. The highest BCUT2D eigenvalue weighted by atomic mass is 16.5. The van der Waals surface area contributed by atoms with E-state index in [0.29, 0.717) is 12.6 Å². The Morgan fingerprint density at radius 1 is 1.38 bits per heavy atom. The summed E-state index contributed by atoms with van der Waals surface area (Å²) in [4.78, 5) is 15.3. The Hall–Kier alpha value is -1.43. The molecule has 0 radical (unpaired) electrons. The number of esters is 1. The van der Waals surface area contributed by atoms with Crippen molar-refractivity contribution in [3.8, 4) is 0 Å². The van der Waals surface area contributed by atoms with E-state index in [9.17, 15) is 4.79 Å². The molecule has 0 amide bonds. The lowest BCUT2D eigenvalue weighted by Crippen LogP contribution is -2.52. The molecule has 0 saturated carbocycles. The summed E-state index contributed by atoms with van der Waals surface area (Å²) >= 11 is 0. The van der Waals surface area contributed by atoms with E-state index >= 15 is 0 Å². The summed E-state index contributed by atoms with van der Waals surface area (Å²) < 4.78 is 5.48. The van der Waals surface area contributed by atoms with Gasteiger partial charge in [-0.15, -0.1) is 0 Å². The lowest BCUT2D eigenvalue weighted by molar-refractivity contribution is -0.159. The molecule has 1 aromatic carbocycles. The molecule has 3 rings (SSSR count). The minimum atomic E-state index is -0.415. The van der Waals surface area contributed by atoms with Gasteiger partial charge < -0.3 is 9.64 Å². The molecule has 0 aliphatic carbocycles. The van der Waals surface area contributed by atoms with Gasteiger partial charge in [0.15, 0.2) is 0 Å². The minimum Gasteiger partial charge on any atom is -0.466 e. The summed E-state index contributed by atoms with van der Waals surface area (Å²) in [6.07, 6.45) is 3.86. The van der Waals surface area contributed by atoms with Crippen molar-refractivity contribution in [2.75, 3.05) is 32.8 Å². The molecule has 5 heteroatoms. The van der Waals surface area contributed by atoms with Crippen molar-refractivity contribution in [3.63, 3.8) is 0 Å². The number of nitrogens with one attached hydrogen (secondary N) is 2. The van der Waals surface area contributed by atoms with Crippen LogP contribution >= 0.6 is 0 Å². The van der Waals surface area contributed by atoms with Crippen molar-refractivity contribution in [3.05, 3.63) is 35.9 Å². The molecule has 2 unspecified atom stereocenters. The molecule has 2 saturated heterocycles. The van der Waals surface area contributed by atoms with Crippen molar-refractivity contribution in [2.24, 2.45) is 5.41 Å². The first-order valence-electron chi connectivity index (χ1n) is 9.14. The number of likely N-dealkylation sites (tertiary alicyclic amines) is 1. The van der Waals surface area contributed by atoms with Crippen molar-refractivity contribution in [1.82, 2.24) is 15.8 Å². The smallest absolute Gasteiger partial charge is 0.313 e. The average molecular weight is 331 g/mol. The number of hydrogen-bond acceptors (Lipinski definition) is 5. The van der Waals surface area contributed by atoms with E-state index in [1.807, 2.05) is 25.1 Å². The van der Waals surface area contributed by atoms with Gasteiger partial charge in [-0.05, 0) is 44.7 Å². The van der Waals surface area contributed by atoms with E-state index < -0.39 is 5.41 Å². The average Bonchev–Trinajstić information content (AvgIpc) is 3.09. The summed E-state index contributed by atoms with van der Waals surface area (Å²) in [5.74, 6) is -0.0314. The van der Waals surface area contributed by atoms with Gasteiger partial charge in [-0.25, -0.2) is 0 Å². The number of ether oxygens (including phenoxy) is 1. The van der Waals surface area contributed by atoms with Gasteiger partial charge >= 0.3 is 5.97 Å². The Labute approximate surface area is 144 Å². The highest BCUT2D eigenvalue weighted by Gasteiger charge is 2.43. The number of hydrazine groups is 1. The van der Waals surface area contributed by atoms with Gasteiger partial charge in [0.1, 0.15) is 0 Å². The zero-order chi connectivity index (χ0) is 16.8. The van der Waals surface area contributed by atoms with Crippen LogP contribution in [0.4, 0.5) is 0 Å². The number of carbonyl (C=O) groups excluding carboxylic acids is 1. The third-order valence-electron chi connectivity index (χ3n) is 5.15. The summed E-state index contributed by atoms with van der Waals surface area (Å²) in [7, 11) is 0. The van der Waals surface area contributed by atoms with Crippen molar-refractivity contribution in [1.29, 1.82) is 0 Å². The van der Waals surface area contributed by atoms with Gasteiger partial charge in [-0.1, -0.05) is 30.3 Å². The molecule has 0 bridgehead atoms. The third-order valence-corrected chi connectivity index (χ3v) is 5.15. The van der Waals surface area contributed by atoms with Crippen LogP contribution in [-0.4, -0.2) is 49.7 Å². The topological polar surface area (TPSA) is 53.6 Å². The van der Waals surface area contributed by atoms with Crippen molar-refractivity contribution < 1.29 is 9.53 Å². The van der Waals surface area contributed by atoms with E-state index in [-0.39, 0.29) is 5.97 Å². The van der Waals surface area contributed by atoms with Gasteiger partial charge in [0.05, 0.1) is 12.0 Å². The SMILES string of the molecule is CCOC(=O)C1(Cc2ccccc2)CCCN(CC2CCNN2)C1. The summed E-state index contributed by atoms with van der Waals surface area (Å²) in [6, 6.07) is 10.8. The second-order valence-electron chi connectivity index (χ2n) is 7.06. The first kappa shape index (κ1) is 17.4. The predicted octanol–water partition coefficient (Wildman–Crippen LogP) is 1.74. The zero-order valence-corrected chi connectivity index (χ0v) is 14.6. The Bertz CT molecular complexity index is 531. The monoisotopic (exact) mass is 331 g/mol. The van der Waals surface area contributed by atoms with Crippen molar-refractivity contribution >= 4 is 5.97 Å². The molecular formula is C19H29N3O2. The van der Waals surface area contributed by atoms with Gasteiger partial charge in [-0.3, -0.25) is 15.6 Å². The molecule has 2 N–H and O–H groups in total. The van der Waals surface area contributed by atoms with E-state index in [1.54, 1.807) is 0 Å². The Balaban J connectivity index is 1.74. The molecule has 5 nitrogen and oxygen atoms in total. The predicted molar refractivity (Wildman–Crippen MR) is 94.4 cm³/mol. The van der Waals surface area contributed by atoms with Gasteiger partial charge in [0, 0.05) is 25.7 Å². The van der Waals surface area contributed by atoms with Crippen LogP contribution in [0.25, 0.3) is 0 Å². The summed E-state index contributed by atoms with van der Waals surface area (Å²) in [5, 5.41) is 0. The van der Waals surface area contributed by atoms with Gasteiger partial charge in [0.25, 0.3) is 0 Å². The first-order chi connectivity index (χ1) is 11.7. The molecule has 2 aliphatic rings. The zero-order valence-electron chi connectivity index (χ0n) is 14.6. The fourth-order valence-corrected chi connectivity index (χ4v) is 4.02. The molecule has 2 fully saturated rings. The van der Waals surface area contributed by atoms with Crippen LogP contribution < -0.4 is 10.9 Å². The molecule has 0 spiro atoms. The van der Waals surface area contributed by atoms with Crippen LogP contribution in [0.1, 0.15) is 31.7 Å². The molecule has 2 heterocycles. The van der Waals surface area contributed by atoms with Crippen LogP contribution in [0.5, 0.6) is 0 Å². The maximum absolute atomic E-state index is 12.8. The summed E-state index contributed by atoms with van der Waals surface area (Å²) in [6.45, 7) is 6.20. The Morgan fingerprint density at radius 2 is 2.21 bits per heavy atom. The molecule has 1 aromatic rings. The Morgan fingerprint density at radius 3 is 2.92 bits per heavy atom. The quantitative estimate of drug-likeness (QED) is 0.778. The largest absolute Gasteiger partial charge is 0.466 e. The number of hydrogen-bond donors (Lipinski definition) is 2. The van der Waals surface area contributed by atoms with E-state index in [0.717, 1.165) is 51.9 Å². The van der Waals surface area contributed by atoms with Gasteiger partial charge in [0.2, 0.25) is 0 Å². The maximum atomic E-state index is 12.8. The fraction of sp³-hybridized carbons (Fsp3) is 0.632. The molecular weight excluding hydrogens is 302 g/mol. The normalized spacial score (nSPS) is 28.0. The molecule has 0 aromatic heterocycles. The first-order valence-corrected chi connectivity index (χ1v) is 9.14. The standard InChI is InChI=1S/C19H29N3O2/c1-2-24-18(23)19(13-16-7-4-3-5-8-16)10-6-12-22(15-19)14-17-9-11-20-21-17/h3-5,7-8,17,20-21H,2,6,9-15H2,1H3. The van der Waals surface area contributed by atoms with Gasteiger partial charge in [-0.2, -0.15) is 0 Å². The number of rotatable bonds is 6. The molecule has 24 heavy (non-hydrogen) atoms. The number of nitrogens with zero attached hydrogens (tertiary/aromatic N) is 1. The number of piperidine rings is 1. The second-order valence-corrected chi connectivity index (χ2v) is 7.06. The van der Waals surface area contributed by atoms with Crippen LogP contribution in [-0.2, 0) is 16.0 Å². The van der Waals surface area contributed by atoms with Crippen LogP contribution in [0, 0.1) is 5.41 Å². The fourth-order valence-electron chi connectivity index (χ4n) is 4.02. The highest BCUT2D eigenvalue weighted by molar-refractivity contribution is 5.77. The van der Waals surface area contributed by atoms with E-state index in [2.05, 4.69) is 27.9 Å². The molecule has 2 aliphatic heterocycles. The lowest BCUT2D eigenvalue weighted by Gasteiger charge is -2.42. The number of benzene rings is 1. The second kappa shape index (κ2) is 8.10. The lowest BCUT2D eigenvalue weighted by atomic mass is 9.75. The Kier molecular flexibility index (Phi) is 5.87. The van der Waals surface area contributed by atoms with Crippen molar-refractivity contribution in [2.45, 2.75) is 38.6 Å². The molecule has 2 atom stereocenters. The molecule has 132 valence electrons. The van der Waals surface area contributed by atoms with E-state index in [1.165, 1.54) is 5.56 Å². The summed E-state index contributed by atoms with van der Waals surface area (Å²) in [5.41, 5.74) is 7.33. The van der Waals surface area contributed by atoms with Crippen LogP contribution in [0.3, 0.4) is 0 Å². The number of carbonyl (C=O) groups is 1. The van der Waals surface area contributed by atoms with Crippen LogP contribution in [0.15, 0.2) is 30.3 Å². The minimum absolute atomic E-state index is 0.0314. The third kappa shape index (κ3) is 4.15. The van der Waals surface area contributed by atoms with Crippen LogP contribution in [0.2, 0.25) is 0 Å². The van der Waals surface area contributed by atoms with E-state index in [4.69, 9.17) is 4.74 Å². The highest BCUT2D eigenvalue weighted by Crippen LogP contribution is 2.35.